The Balaban J connectivity index is 2.22. The van der Waals surface area contributed by atoms with Crippen LogP contribution >= 0.6 is 11.6 Å². The molecule has 0 aliphatic heterocycles. The number of hydrogen-bond acceptors (Lipinski definition) is 2. The molecule has 3 rings (SSSR count). The van der Waals surface area contributed by atoms with E-state index >= 15 is 0 Å². The Kier molecular flexibility index (Phi) is 2.95. The number of carbonyl (C=O) groups is 1. The number of rotatable bonds is 2. The summed E-state index contributed by atoms with van der Waals surface area (Å²) in [6.07, 6.45) is 0. The highest BCUT2D eigenvalue weighted by Gasteiger charge is 2.15. The minimum atomic E-state index is -0.970. The van der Waals surface area contributed by atoms with Crippen molar-refractivity contribution in [1.29, 1.82) is 0 Å². The van der Waals surface area contributed by atoms with E-state index in [0.29, 0.717) is 16.4 Å². The predicted octanol–water partition coefficient (Wildman–Crippen LogP) is 3.89. The zero-order valence-corrected chi connectivity index (χ0v) is 11.4. The molecule has 100 valence electrons. The van der Waals surface area contributed by atoms with Gasteiger partial charge in [-0.2, -0.15) is 0 Å². The van der Waals surface area contributed by atoms with Crippen LogP contribution in [0.3, 0.4) is 0 Å². The van der Waals surface area contributed by atoms with E-state index < -0.39 is 5.97 Å². The van der Waals surface area contributed by atoms with Crippen LogP contribution in [-0.4, -0.2) is 21.0 Å². The molecule has 0 bridgehead atoms. The average Bonchev–Trinajstić information content (AvgIpc) is 2.81. The number of fused-ring (bicyclic) bond motifs is 1. The van der Waals surface area contributed by atoms with E-state index in [-0.39, 0.29) is 5.56 Å². The first-order valence-corrected chi connectivity index (χ1v) is 6.42. The zero-order valence-electron chi connectivity index (χ0n) is 10.6. The van der Waals surface area contributed by atoms with Crippen LogP contribution in [0.2, 0.25) is 5.02 Å². The molecule has 0 radical (unpaired) electrons. The number of aromatic amines is 1. The lowest BCUT2D eigenvalue weighted by atomic mass is 10.0. The number of carboxylic acid groups (broad SMARTS) is 1. The van der Waals surface area contributed by atoms with E-state index in [1.165, 1.54) is 0 Å². The summed E-state index contributed by atoms with van der Waals surface area (Å²) in [6, 6.07) is 10.6. The molecule has 3 aromatic rings. The highest BCUT2D eigenvalue weighted by Crippen LogP contribution is 2.26. The maximum Gasteiger partial charge on any atom is 0.336 e. The summed E-state index contributed by atoms with van der Waals surface area (Å²) in [5, 5.41) is 9.91. The molecule has 0 unspecified atom stereocenters. The van der Waals surface area contributed by atoms with E-state index in [2.05, 4.69) is 9.97 Å². The van der Waals surface area contributed by atoms with Crippen LogP contribution < -0.4 is 0 Å². The summed E-state index contributed by atoms with van der Waals surface area (Å²) in [7, 11) is 0. The fourth-order valence-corrected chi connectivity index (χ4v) is 2.32. The summed E-state index contributed by atoms with van der Waals surface area (Å²) in [6.45, 7) is 1.86. The van der Waals surface area contributed by atoms with Gasteiger partial charge in [-0.3, -0.25) is 0 Å². The Hall–Kier alpha value is -2.33. The summed E-state index contributed by atoms with van der Waals surface area (Å²) < 4.78 is 0. The first-order valence-electron chi connectivity index (χ1n) is 6.04. The van der Waals surface area contributed by atoms with E-state index in [0.717, 1.165) is 16.6 Å². The Bertz CT molecular complexity index is 824. The zero-order chi connectivity index (χ0) is 14.3. The first kappa shape index (κ1) is 12.7. The number of benzene rings is 2. The Morgan fingerprint density at radius 1 is 1.25 bits per heavy atom. The molecule has 1 aromatic heterocycles. The normalized spacial score (nSPS) is 10.9. The Morgan fingerprint density at radius 3 is 2.80 bits per heavy atom. The van der Waals surface area contributed by atoms with E-state index in [1.54, 1.807) is 30.3 Å². The number of nitrogens with one attached hydrogen (secondary N) is 1. The number of imidazole rings is 1. The maximum absolute atomic E-state index is 11.4. The van der Waals surface area contributed by atoms with Crippen molar-refractivity contribution in [3.05, 3.63) is 52.5 Å². The topological polar surface area (TPSA) is 66.0 Å². The van der Waals surface area contributed by atoms with Gasteiger partial charge in [0.05, 0.1) is 16.6 Å². The Morgan fingerprint density at radius 2 is 2.05 bits per heavy atom. The van der Waals surface area contributed by atoms with Crippen LogP contribution in [0.25, 0.3) is 22.4 Å². The van der Waals surface area contributed by atoms with E-state index in [4.69, 9.17) is 11.6 Å². The highest BCUT2D eigenvalue weighted by atomic mass is 35.5. The van der Waals surface area contributed by atoms with Gasteiger partial charge in [0.15, 0.2) is 0 Å². The number of nitrogens with zero attached hydrogens (tertiary/aromatic N) is 1. The van der Waals surface area contributed by atoms with Crippen LogP contribution in [0.1, 0.15) is 15.9 Å². The van der Waals surface area contributed by atoms with Crippen molar-refractivity contribution in [3.63, 3.8) is 0 Å². The van der Waals surface area contributed by atoms with Gasteiger partial charge < -0.3 is 10.1 Å². The van der Waals surface area contributed by atoms with E-state index in [1.807, 2.05) is 13.0 Å². The molecule has 0 amide bonds. The largest absolute Gasteiger partial charge is 0.478 e. The SMILES string of the molecule is Cc1ccc(-c2nc3ccc(Cl)cc3[nH]2)c(C(=O)O)c1. The Labute approximate surface area is 120 Å². The molecule has 0 aliphatic rings. The molecule has 5 heteroatoms. The van der Waals surface area contributed by atoms with Crippen LogP contribution in [0.15, 0.2) is 36.4 Å². The molecule has 0 aliphatic carbocycles. The number of aromatic carboxylic acids is 1. The molecule has 0 fully saturated rings. The summed E-state index contributed by atoms with van der Waals surface area (Å²) in [5.41, 5.74) is 3.22. The molecule has 20 heavy (non-hydrogen) atoms. The van der Waals surface area contributed by atoms with Crippen molar-refractivity contribution < 1.29 is 9.90 Å². The van der Waals surface area contributed by atoms with Crippen LogP contribution in [-0.2, 0) is 0 Å². The number of halogens is 1. The van der Waals surface area contributed by atoms with Gasteiger partial charge >= 0.3 is 5.97 Å². The number of hydrogen-bond donors (Lipinski definition) is 2. The van der Waals surface area contributed by atoms with Gasteiger partial charge in [0.2, 0.25) is 0 Å². The maximum atomic E-state index is 11.4. The number of H-pyrrole nitrogens is 1. The number of carboxylic acids is 1. The number of aryl methyl sites for hydroxylation is 1. The second-order valence-corrected chi connectivity index (χ2v) is 5.04. The average molecular weight is 287 g/mol. The smallest absolute Gasteiger partial charge is 0.336 e. The third kappa shape index (κ3) is 2.14. The fraction of sp³-hybridized carbons (Fsp3) is 0.0667. The van der Waals surface area contributed by atoms with Crippen molar-refractivity contribution in [2.45, 2.75) is 6.92 Å². The highest BCUT2D eigenvalue weighted by molar-refractivity contribution is 6.31. The van der Waals surface area contributed by atoms with Crippen molar-refractivity contribution in [1.82, 2.24) is 9.97 Å². The van der Waals surface area contributed by atoms with Crippen LogP contribution in [0.5, 0.6) is 0 Å². The molecule has 0 spiro atoms. The molecule has 4 nitrogen and oxygen atoms in total. The lowest BCUT2D eigenvalue weighted by Gasteiger charge is -2.04. The molecule has 0 saturated heterocycles. The molecule has 1 heterocycles. The minimum Gasteiger partial charge on any atom is -0.478 e. The van der Waals surface area contributed by atoms with Crippen molar-refractivity contribution >= 4 is 28.6 Å². The predicted molar refractivity (Wildman–Crippen MR) is 78.2 cm³/mol. The molecular formula is C15H11ClN2O2. The van der Waals surface area contributed by atoms with Gasteiger partial charge in [-0.25, -0.2) is 9.78 Å². The summed E-state index contributed by atoms with van der Waals surface area (Å²) >= 11 is 5.93. The quantitative estimate of drug-likeness (QED) is 0.751. The molecule has 0 saturated carbocycles. The number of aromatic nitrogens is 2. The second kappa shape index (κ2) is 4.65. The standard InChI is InChI=1S/C15H11ClN2O2/c1-8-2-4-10(11(6-8)15(19)20)14-17-12-5-3-9(16)7-13(12)18-14/h2-7H,1H3,(H,17,18)(H,19,20). The minimum absolute atomic E-state index is 0.232. The summed E-state index contributed by atoms with van der Waals surface area (Å²) in [4.78, 5) is 18.9. The van der Waals surface area contributed by atoms with Crippen LogP contribution in [0, 0.1) is 6.92 Å². The summed E-state index contributed by atoms with van der Waals surface area (Å²) in [5.74, 6) is -0.443. The molecule has 2 N–H and O–H groups in total. The lowest BCUT2D eigenvalue weighted by Crippen LogP contribution is -2.00. The van der Waals surface area contributed by atoms with Gasteiger partial charge in [0, 0.05) is 10.6 Å². The van der Waals surface area contributed by atoms with Gasteiger partial charge in [-0.15, -0.1) is 0 Å². The second-order valence-electron chi connectivity index (χ2n) is 4.60. The monoisotopic (exact) mass is 286 g/mol. The molecule has 2 aromatic carbocycles. The van der Waals surface area contributed by atoms with E-state index in [9.17, 15) is 9.90 Å². The van der Waals surface area contributed by atoms with Gasteiger partial charge in [0.1, 0.15) is 5.82 Å². The third-order valence-electron chi connectivity index (χ3n) is 3.10. The molecular weight excluding hydrogens is 276 g/mol. The third-order valence-corrected chi connectivity index (χ3v) is 3.34. The fourth-order valence-electron chi connectivity index (χ4n) is 2.15. The van der Waals surface area contributed by atoms with Gasteiger partial charge in [-0.05, 0) is 31.2 Å². The first-order chi connectivity index (χ1) is 9.54. The lowest BCUT2D eigenvalue weighted by molar-refractivity contribution is 0.0697. The van der Waals surface area contributed by atoms with Crippen LogP contribution in [0.4, 0.5) is 0 Å². The van der Waals surface area contributed by atoms with Crippen molar-refractivity contribution in [3.8, 4) is 11.4 Å². The molecule has 0 atom stereocenters. The van der Waals surface area contributed by atoms with Gasteiger partial charge in [-0.1, -0.05) is 29.3 Å². The van der Waals surface area contributed by atoms with Crippen molar-refractivity contribution in [2.75, 3.05) is 0 Å². The van der Waals surface area contributed by atoms with Crippen molar-refractivity contribution in [2.24, 2.45) is 0 Å². The van der Waals surface area contributed by atoms with Gasteiger partial charge in [0.25, 0.3) is 0 Å².